The number of aromatic nitrogens is 2. The van der Waals surface area contributed by atoms with Crippen molar-refractivity contribution in [2.45, 2.75) is 0 Å². The average Bonchev–Trinajstić information content (AvgIpc) is 2.63. The van der Waals surface area contributed by atoms with Gasteiger partial charge in [0.25, 0.3) is 0 Å². The first-order valence-electron chi connectivity index (χ1n) is 7.64. The molecule has 0 bridgehead atoms. The van der Waals surface area contributed by atoms with Crippen LogP contribution in [0.5, 0.6) is 0 Å². The van der Waals surface area contributed by atoms with Gasteiger partial charge in [-0.25, -0.2) is 9.97 Å². The molecule has 4 aromatic rings. The molecule has 0 spiro atoms. The van der Waals surface area contributed by atoms with Gasteiger partial charge >= 0.3 is 0 Å². The predicted molar refractivity (Wildman–Crippen MR) is 99.7 cm³/mol. The van der Waals surface area contributed by atoms with Gasteiger partial charge in [-0.15, -0.1) is 0 Å². The van der Waals surface area contributed by atoms with Crippen LogP contribution in [0.2, 0.25) is 5.02 Å². The fourth-order valence-electron chi connectivity index (χ4n) is 2.55. The highest BCUT2D eigenvalue weighted by Gasteiger charge is 2.11. The van der Waals surface area contributed by atoms with Crippen LogP contribution in [0, 0.1) is 0 Å². The number of hydrogen-bond acceptors (Lipinski definition) is 3. The van der Waals surface area contributed by atoms with Crippen molar-refractivity contribution < 1.29 is 0 Å². The zero-order chi connectivity index (χ0) is 16.4. The summed E-state index contributed by atoms with van der Waals surface area (Å²) < 4.78 is 0. The van der Waals surface area contributed by atoms with E-state index in [-0.39, 0.29) is 0 Å². The Morgan fingerprint density at radius 1 is 0.667 bits per heavy atom. The molecule has 0 amide bonds. The Kier molecular flexibility index (Phi) is 3.85. The highest BCUT2D eigenvalue weighted by molar-refractivity contribution is 6.30. The fraction of sp³-hybridized carbons (Fsp3) is 0. The SMILES string of the molecule is Clc1ccc(-c2nc3ccccc3nc2Nc2ccccc2)cc1. The van der Waals surface area contributed by atoms with Crippen molar-refractivity contribution in [2.24, 2.45) is 0 Å². The van der Waals surface area contributed by atoms with E-state index in [1.165, 1.54) is 0 Å². The van der Waals surface area contributed by atoms with Crippen LogP contribution in [0.25, 0.3) is 22.3 Å². The van der Waals surface area contributed by atoms with E-state index in [0.717, 1.165) is 33.8 Å². The lowest BCUT2D eigenvalue weighted by atomic mass is 10.1. The first-order chi connectivity index (χ1) is 11.8. The number of fused-ring (bicyclic) bond motifs is 1. The van der Waals surface area contributed by atoms with E-state index in [9.17, 15) is 0 Å². The molecule has 3 aromatic carbocycles. The van der Waals surface area contributed by atoms with Crippen molar-refractivity contribution in [2.75, 3.05) is 5.32 Å². The van der Waals surface area contributed by atoms with Gasteiger partial charge in [0.2, 0.25) is 0 Å². The van der Waals surface area contributed by atoms with Crippen molar-refractivity contribution in [3.63, 3.8) is 0 Å². The van der Waals surface area contributed by atoms with E-state index in [1.807, 2.05) is 78.9 Å². The van der Waals surface area contributed by atoms with Crippen molar-refractivity contribution in [1.29, 1.82) is 0 Å². The van der Waals surface area contributed by atoms with E-state index in [4.69, 9.17) is 21.6 Å². The highest BCUT2D eigenvalue weighted by Crippen LogP contribution is 2.30. The molecular formula is C20H14ClN3. The number of para-hydroxylation sites is 3. The molecule has 0 fully saturated rings. The average molecular weight is 332 g/mol. The van der Waals surface area contributed by atoms with Gasteiger partial charge in [0.15, 0.2) is 5.82 Å². The molecule has 0 atom stereocenters. The molecular weight excluding hydrogens is 318 g/mol. The normalized spacial score (nSPS) is 10.7. The van der Waals surface area contributed by atoms with Gasteiger partial charge in [-0.2, -0.15) is 0 Å². The molecule has 0 aliphatic rings. The first-order valence-corrected chi connectivity index (χ1v) is 8.02. The fourth-order valence-corrected chi connectivity index (χ4v) is 2.68. The van der Waals surface area contributed by atoms with Crippen LogP contribution >= 0.6 is 11.6 Å². The number of benzene rings is 3. The smallest absolute Gasteiger partial charge is 0.157 e. The zero-order valence-corrected chi connectivity index (χ0v) is 13.5. The third-order valence-electron chi connectivity index (χ3n) is 3.72. The molecule has 0 saturated heterocycles. The second-order valence-corrected chi connectivity index (χ2v) is 5.84. The quantitative estimate of drug-likeness (QED) is 0.523. The third kappa shape index (κ3) is 2.94. The standard InChI is InChI=1S/C20H14ClN3/c21-15-12-10-14(11-13-15)19-20(22-16-6-2-1-3-7-16)24-18-9-5-4-8-17(18)23-19/h1-13H,(H,22,24). The minimum absolute atomic E-state index is 0.699. The largest absolute Gasteiger partial charge is 0.338 e. The van der Waals surface area contributed by atoms with Crippen LogP contribution in [0.15, 0.2) is 78.9 Å². The Morgan fingerprint density at radius 3 is 2.00 bits per heavy atom. The van der Waals surface area contributed by atoms with Crippen LogP contribution in [0.4, 0.5) is 11.5 Å². The lowest BCUT2D eigenvalue weighted by Gasteiger charge is -2.12. The van der Waals surface area contributed by atoms with Gasteiger partial charge in [0.05, 0.1) is 11.0 Å². The molecule has 0 unspecified atom stereocenters. The van der Waals surface area contributed by atoms with Crippen molar-refractivity contribution >= 4 is 34.1 Å². The lowest BCUT2D eigenvalue weighted by Crippen LogP contribution is -2.00. The lowest BCUT2D eigenvalue weighted by molar-refractivity contribution is 1.28. The Morgan fingerprint density at radius 2 is 1.29 bits per heavy atom. The van der Waals surface area contributed by atoms with Crippen molar-refractivity contribution in [3.05, 3.63) is 83.9 Å². The summed E-state index contributed by atoms with van der Waals surface area (Å²) in [5.74, 6) is 0.724. The van der Waals surface area contributed by atoms with Crippen LogP contribution < -0.4 is 5.32 Å². The van der Waals surface area contributed by atoms with E-state index in [2.05, 4.69) is 5.32 Å². The maximum atomic E-state index is 6.01. The molecule has 3 nitrogen and oxygen atoms in total. The Balaban J connectivity index is 1.88. The zero-order valence-electron chi connectivity index (χ0n) is 12.8. The van der Waals surface area contributed by atoms with Gasteiger partial charge < -0.3 is 5.32 Å². The number of rotatable bonds is 3. The minimum Gasteiger partial charge on any atom is -0.338 e. The maximum absolute atomic E-state index is 6.01. The third-order valence-corrected chi connectivity index (χ3v) is 3.98. The number of anilines is 2. The van der Waals surface area contributed by atoms with E-state index in [1.54, 1.807) is 0 Å². The van der Waals surface area contributed by atoms with Gasteiger partial charge in [0, 0.05) is 16.3 Å². The topological polar surface area (TPSA) is 37.8 Å². The summed E-state index contributed by atoms with van der Waals surface area (Å²) >= 11 is 6.01. The second-order valence-electron chi connectivity index (χ2n) is 5.41. The molecule has 116 valence electrons. The van der Waals surface area contributed by atoms with Gasteiger partial charge in [-0.3, -0.25) is 0 Å². The summed E-state index contributed by atoms with van der Waals surface area (Å²) in [5, 5.41) is 4.07. The monoisotopic (exact) mass is 331 g/mol. The van der Waals surface area contributed by atoms with E-state index >= 15 is 0 Å². The minimum atomic E-state index is 0.699. The second kappa shape index (κ2) is 6.30. The Hall–Kier alpha value is -2.91. The molecule has 1 aromatic heterocycles. The van der Waals surface area contributed by atoms with Crippen LogP contribution in [-0.4, -0.2) is 9.97 Å². The molecule has 0 aliphatic carbocycles. The van der Waals surface area contributed by atoms with Gasteiger partial charge in [-0.05, 0) is 36.4 Å². The van der Waals surface area contributed by atoms with E-state index in [0.29, 0.717) is 5.02 Å². The summed E-state index contributed by atoms with van der Waals surface area (Å²) in [6.45, 7) is 0. The Bertz CT molecular complexity index is 983. The number of halogens is 1. The molecule has 24 heavy (non-hydrogen) atoms. The summed E-state index contributed by atoms with van der Waals surface area (Å²) in [5.41, 5.74) is 4.46. The van der Waals surface area contributed by atoms with Crippen LogP contribution in [0.3, 0.4) is 0 Å². The van der Waals surface area contributed by atoms with Gasteiger partial charge in [-0.1, -0.05) is 54.1 Å². The van der Waals surface area contributed by atoms with Gasteiger partial charge in [0.1, 0.15) is 5.69 Å². The molecule has 0 saturated carbocycles. The van der Waals surface area contributed by atoms with Crippen molar-refractivity contribution in [1.82, 2.24) is 9.97 Å². The molecule has 4 rings (SSSR count). The summed E-state index contributed by atoms with van der Waals surface area (Å²) in [6, 6.07) is 25.4. The summed E-state index contributed by atoms with van der Waals surface area (Å²) in [4.78, 5) is 9.57. The highest BCUT2D eigenvalue weighted by atomic mass is 35.5. The predicted octanol–water partition coefficient (Wildman–Crippen LogP) is 5.69. The first kappa shape index (κ1) is 14.7. The Labute approximate surface area is 145 Å². The molecule has 0 radical (unpaired) electrons. The number of nitrogens with one attached hydrogen (secondary N) is 1. The molecule has 1 N–H and O–H groups in total. The molecule has 4 heteroatoms. The summed E-state index contributed by atoms with van der Waals surface area (Å²) in [7, 11) is 0. The maximum Gasteiger partial charge on any atom is 0.157 e. The number of hydrogen-bond donors (Lipinski definition) is 1. The van der Waals surface area contributed by atoms with Crippen LogP contribution in [-0.2, 0) is 0 Å². The van der Waals surface area contributed by atoms with Crippen LogP contribution in [0.1, 0.15) is 0 Å². The molecule has 1 heterocycles. The number of nitrogens with zero attached hydrogens (tertiary/aromatic N) is 2. The van der Waals surface area contributed by atoms with E-state index < -0.39 is 0 Å². The van der Waals surface area contributed by atoms with Crippen molar-refractivity contribution in [3.8, 4) is 11.3 Å². The summed E-state index contributed by atoms with van der Waals surface area (Å²) in [6.07, 6.45) is 0. The molecule has 0 aliphatic heterocycles.